The molecule has 0 amide bonds. The van der Waals surface area contributed by atoms with E-state index in [4.69, 9.17) is 0 Å². The van der Waals surface area contributed by atoms with Gasteiger partial charge in [-0.25, -0.2) is 12.8 Å². The van der Waals surface area contributed by atoms with E-state index < -0.39 is 15.7 Å². The fraction of sp³-hybridized carbons (Fsp3) is 0.300. The third-order valence-electron chi connectivity index (χ3n) is 5.87. The predicted molar refractivity (Wildman–Crippen MR) is 99.0 cm³/mol. The zero-order valence-corrected chi connectivity index (χ0v) is 15.6. The molecule has 1 aromatic heterocycles. The Balaban J connectivity index is 1.78. The van der Waals surface area contributed by atoms with Crippen molar-refractivity contribution in [1.29, 1.82) is 0 Å². The van der Waals surface area contributed by atoms with Crippen molar-refractivity contribution in [3.05, 3.63) is 53.5 Å². The quantitative estimate of drug-likeness (QED) is 0.710. The van der Waals surface area contributed by atoms with Crippen molar-refractivity contribution in [3.63, 3.8) is 0 Å². The van der Waals surface area contributed by atoms with Crippen LogP contribution >= 0.6 is 0 Å². The van der Waals surface area contributed by atoms with Crippen molar-refractivity contribution in [2.75, 3.05) is 0 Å². The molecule has 1 saturated heterocycles. The molecule has 2 bridgehead atoms. The van der Waals surface area contributed by atoms with E-state index >= 15 is 0 Å². The first-order valence-electron chi connectivity index (χ1n) is 8.97. The molecule has 0 saturated carbocycles. The van der Waals surface area contributed by atoms with E-state index in [-0.39, 0.29) is 21.6 Å². The highest BCUT2D eigenvalue weighted by atomic mass is 32.2. The summed E-state index contributed by atoms with van der Waals surface area (Å²) < 4.78 is 42.1. The lowest BCUT2D eigenvalue weighted by atomic mass is 9.99. The molecule has 2 aromatic carbocycles. The van der Waals surface area contributed by atoms with Crippen LogP contribution < -0.4 is 5.32 Å². The van der Waals surface area contributed by atoms with Crippen LogP contribution in [0.15, 0.2) is 46.2 Å². The minimum Gasteiger partial charge on any atom is -0.506 e. The summed E-state index contributed by atoms with van der Waals surface area (Å²) >= 11 is 0. The number of aryl methyl sites for hydroxylation is 1. The van der Waals surface area contributed by atoms with Crippen LogP contribution in [0.1, 0.15) is 30.1 Å². The second-order valence-corrected chi connectivity index (χ2v) is 9.31. The number of fused-ring (bicyclic) bond motifs is 6. The summed E-state index contributed by atoms with van der Waals surface area (Å²) in [6.07, 6.45) is 2.92. The molecule has 7 heteroatoms. The molecule has 2 N–H and O–H groups in total. The third-order valence-corrected chi connectivity index (χ3v) is 7.64. The minimum atomic E-state index is -4.08. The van der Waals surface area contributed by atoms with E-state index in [0.717, 1.165) is 42.0 Å². The van der Waals surface area contributed by atoms with E-state index in [9.17, 15) is 17.9 Å². The van der Waals surface area contributed by atoms with Crippen LogP contribution in [0.25, 0.3) is 10.9 Å². The zero-order chi connectivity index (χ0) is 18.9. The van der Waals surface area contributed by atoms with Crippen LogP contribution in [0.4, 0.5) is 4.39 Å². The molecule has 3 aromatic rings. The van der Waals surface area contributed by atoms with Gasteiger partial charge in [-0.15, -0.1) is 0 Å². The summed E-state index contributed by atoms with van der Waals surface area (Å²) in [5, 5.41) is 14.9. The van der Waals surface area contributed by atoms with Crippen LogP contribution in [-0.4, -0.2) is 24.1 Å². The summed E-state index contributed by atoms with van der Waals surface area (Å²) in [6, 6.07) is 8.69. The molecule has 5 nitrogen and oxygen atoms in total. The topological polar surface area (TPSA) is 71.3 Å². The molecule has 2 unspecified atom stereocenters. The highest BCUT2D eigenvalue weighted by molar-refractivity contribution is 7.91. The SMILES string of the molecule is Cn1c2c(c3cc(S(=O)(=O)c4ccccc4F)cc(O)c31)C1CCC(C2)N1. The normalized spacial score (nSPS) is 21.6. The van der Waals surface area contributed by atoms with E-state index in [1.54, 1.807) is 6.07 Å². The molecule has 0 spiro atoms. The number of hydrogen-bond acceptors (Lipinski definition) is 4. The lowest BCUT2D eigenvalue weighted by Crippen LogP contribution is -2.32. The van der Waals surface area contributed by atoms with E-state index in [1.165, 1.54) is 24.3 Å². The maximum Gasteiger partial charge on any atom is 0.209 e. The minimum absolute atomic E-state index is 0.0916. The van der Waals surface area contributed by atoms with Crippen LogP contribution in [0.5, 0.6) is 5.75 Å². The summed E-state index contributed by atoms with van der Waals surface area (Å²) in [5.74, 6) is -0.900. The molecule has 1 fully saturated rings. The van der Waals surface area contributed by atoms with Crippen molar-refractivity contribution in [1.82, 2.24) is 9.88 Å². The van der Waals surface area contributed by atoms with Gasteiger partial charge < -0.3 is 15.0 Å². The average Bonchev–Trinajstić information content (AvgIpc) is 3.15. The van der Waals surface area contributed by atoms with Gasteiger partial charge in [-0.3, -0.25) is 0 Å². The Hall–Kier alpha value is -2.38. The monoisotopic (exact) mass is 386 g/mol. The van der Waals surface area contributed by atoms with Crippen LogP contribution in [0, 0.1) is 5.82 Å². The van der Waals surface area contributed by atoms with Gasteiger partial charge in [0.15, 0.2) is 0 Å². The van der Waals surface area contributed by atoms with E-state index in [2.05, 4.69) is 5.32 Å². The molecule has 140 valence electrons. The Morgan fingerprint density at radius 1 is 1.22 bits per heavy atom. The standard InChI is InChI=1S/C20H19FN2O3S/c1-23-16-8-11-6-7-15(22-11)19(16)13-9-12(10-17(24)20(13)23)27(25,26)18-5-3-2-4-14(18)21/h2-5,9-11,15,22,24H,6-8H2,1H3. The van der Waals surface area contributed by atoms with Crippen molar-refractivity contribution in [2.24, 2.45) is 7.05 Å². The first-order chi connectivity index (χ1) is 12.9. The zero-order valence-electron chi connectivity index (χ0n) is 14.7. The highest BCUT2D eigenvalue weighted by Gasteiger charge is 2.37. The Morgan fingerprint density at radius 2 is 2.00 bits per heavy atom. The number of phenolic OH excluding ortho intramolecular Hbond substituents is 1. The number of nitrogens with zero attached hydrogens (tertiary/aromatic N) is 1. The fourth-order valence-electron chi connectivity index (χ4n) is 4.64. The average molecular weight is 386 g/mol. The molecule has 5 rings (SSSR count). The summed E-state index contributed by atoms with van der Waals surface area (Å²) in [4.78, 5) is -0.473. The number of benzene rings is 2. The maximum atomic E-state index is 14.1. The lowest BCUT2D eigenvalue weighted by Gasteiger charge is -2.23. The molecule has 3 heterocycles. The van der Waals surface area contributed by atoms with Crippen LogP contribution in [0.2, 0.25) is 0 Å². The molecule has 2 aliphatic heterocycles. The van der Waals surface area contributed by atoms with Crippen molar-refractivity contribution in [3.8, 4) is 5.75 Å². The van der Waals surface area contributed by atoms with E-state index in [0.29, 0.717) is 11.6 Å². The largest absolute Gasteiger partial charge is 0.506 e. The molecule has 2 aliphatic rings. The Bertz CT molecular complexity index is 1200. The highest BCUT2D eigenvalue weighted by Crippen LogP contribution is 2.44. The number of nitrogens with one attached hydrogen (secondary N) is 1. The van der Waals surface area contributed by atoms with Gasteiger partial charge in [0.2, 0.25) is 9.84 Å². The fourth-order valence-corrected chi connectivity index (χ4v) is 6.02. The van der Waals surface area contributed by atoms with Crippen LogP contribution in [-0.2, 0) is 23.3 Å². The molecule has 2 atom stereocenters. The van der Waals surface area contributed by atoms with Gasteiger partial charge in [-0.1, -0.05) is 12.1 Å². The summed E-state index contributed by atoms with van der Waals surface area (Å²) in [6.45, 7) is 0. The molecular formula is C20H19FN2O3S. The van der Waals surface area contributed by atoms with Gasteiger partial charge in [-0.05, 0) is 36.6 Å². The van der Waals surface area contributed by atoms with Crippen LogP contribution in [0.3, 0.4) is 0 Å². The predicted octanol–water partition coefficient (Wildman–Crippen LogP) is 3.21. The second-order valence-electron chi connectivity index (χ2n) is 7.39. The number of halogens is 1. The van der Waals surface area contributed by atoms with Gasteiger partial charge >= 0.3 is 0 Å². The number of hydrogen-bond donors (Lipinski definition) is 2. The lowest BCUT2D eigenvalue weighted by molar-refractivity contribution is 0.475. The molecule has 27 heavy (non-hydrogen) atoms. The second kappa shape index (κ2) is 5.56. The number of aromatic hydroxyl groups is 1. The van der Waals surface area contributed by atoms with Gasteiger partial charge in [0.25, 0.3) is 0 Å². The number of phenols is 1. The van der Waals surface area contributed by atoms with Gasteiger partial charge in [0.05, 0.1) is 10.4 Å². The summed E-state index contributed by atoms with van der Waals surface area (Å²) in [5.41, 5.74) is 2.82. The first kappa shape index (κ1) is 16.8. The van der Waals surface area contributed by atoms with Crippen molar-refractivity contribution < 1.29 is 17.9 Å². The smallest absolute Gasteiger partial charge is 0.209 e. The van der Waals surface area contributed by atoms with Crippen molar-refractivity contribution in [2.45, 2.75) is 41.1 Å². The third kappa shape index (κ3) is 2.28. The Morgan fingerprint density at radius 3 is 2.78 bits per heavy atom. The Kier molecular flexibility index (Phi) is 3.45. The Labute approximate surface area is 156 Å². The van der Waals surface area contributed by atoms with Crippen molar-refractivity contribution >= 4 is 20.7 Å². The number of sulfone groups is 1. The molecular weight excluding hydrogens is 367 g/mol. The van der Waals surface area contributed by atoms with Gasteiger partial charge in [0, 0.05) is 42.7 Å². The summed E-state index contributed by atoms with van der Waals surface area (Å²) in [7, 11) is -2.18. The molecule has 0 radical (unpaired) electrons. The van der Waals surface area contributed by atoms with Gasteiger partial charge in [-0.2, -0.15) is 0 Å². The maximum absolute atomic E-state index is 14.1. The molecule has 0 aliphatic carbocycles. The first-order valence-corrected chi connectivity index (χ1v) is 10.5. The number of rotatable bonds is 2. The number of aromatic nitrogens is 1. The van der Waals surface area contributed by atoms with Gasteiger partial charge in [0.1, 0.15) is 16.5 Å². The van der Waals surface area contributed by atoms with E-state index in [1.807, 2.05) is 11.6 Å².